The molecule has 2 aliphatic heterocycles. The van der Waals surface area contributed by atoms with Gasteiger partial charge in [0.1, 0.15) is 23.1 Å². The predicted molar refractivity (Wildman–Crippen MR) is 163 cm³/mol. The Balaban J connectivity index is 1.64. The Morgan fingerprint density at radius 3 is 2.25 bits per heavy atom. The van der Waals surface area contributed by atoms with Gasteiger partial charge in [0.2, 0.25) is 0 Å². The zero-order chi connectivity index (χ0) is 28.7. The van der Waals surface area contributed by atoms with Gasteiger partial charge in [-0.1, -0.05) is 55.0 Å². The highest BCUT2D eigenvalue weighted by Crippen LogP contribution is 2.38. The highest BCUT2D eigenvalue weighted by molar-refractivity contribution is 8.27. The van der Waals surface area contributed by atoms with Gasteiger partial charge >= 0.3 is 0 Å². The number of nitriles is 1. The van der Waals surface area contributed by atoms with E-state index in [0.29, 0.717) is 33.2 Å². The molecule has 0 saturated carbocycles. The van der Waals surface area contributed by atoms with Crippen LogP contribution in [0.2, 0.25) is 0 Å². The van der Waals surface area contributed by atoms with Crippen LogP contribution in [0.15, 0.2) is 44.8 Å². The van der Waals surface area contributed by atoms with Gasteiger partial charge in [0.25, 0.3) is 17.0 Å². The quantitative estimate of drug-likeness (QED) is 0.341. The number of carbonyl (C=O) groups is 1. The summed E-state index contributed by atoms with van der Waals surface area (Å²) in [5.41, 5.74) is 2.00. The second-order valence-electron chi connectivity index (χ2n) is 10.0. The number of aromatic nitrogens is 3. The molecule has 1 amide bonds. The summed E-state index contributed by atoms with van der Waals surface area (Å²) in [5.74, 6) is 0.283. The Morgan fingerprint density at radius 1 is 0.975 bits per heavy atom. The summed E-state index contributed by atoms with van der Waals surface area (Å²) in [4.78, 5) is 44.4. The molecule has 0 unspecified atom stereocenters. The van der Waals surface area contributed by atoms with E-state index in [-0.39, 0.29) is 26.7 Å². The number of rotatable bonds is 4. The molecule has 2 saturated heterocycles. The molecule has 206 valence electrons. The Labute approximate surface area is 241 Å². The van der Waals surface area contributed by atoms with Crippen LogP contribution in [0.1, 0.15) is 48.1 Å². The number of benzene rings is 1. The molecule has 2 fully saturated rings. The van der Waals surface area contributed by atoms with Crippen LogP contribution >= 0.6 is 24.0 Å². The molecule has 4 heterocycles. The van der Waals surface area contributed by atoms with Gasteiger partial charge in [-0.15, -0.1) is 0 Å². The average molecular weight is 575 g/mol. The number of anilines is 2. The number of thiocarbonyl (C=S) groups is 1. The van der Waals surface area contributed by atoms with Crippen molar-refractivity contribution in [3.63, 3.8) is 0 Å². The second-order valence-corrected chi connectivity index (χ2v) is 11.7. The zero-order valence-electron chi connectivity index (χ0n) is 22.9. The molecule has 1 aromatic carbocycles. The van der Waals surface area contributed by atoms with Crippen LogP contribution in [0.3, 0.4) is 0 Å². The van der Waals surface area contributed by atoms with Crippen molar-refractivity contribution in [1.29, 1.82) is 5.26 Å². The molecule has 40 heavy (non-hydrogen) atoms. The summed E-state index contributed by atoms with van der Waals surface area (Å²) in [5, 5.41) is 9.79. The van der Waals surface area contributed by atoms with Gasteiger partial charge in [-0.25, -0.2) is 4.68 Å². The van der Waals surface area contributed by atoms with Gasteiger partial charge in [-0.2, -0.15) is 5.26 Å². The van der Waals surface area contributed by atoms with E-state index in [9.17, 15) is 19.6 Å². The Bertz CT molecular complexity index is 1720. The van der Waals surface area contributed by atoms with Crippen LogP contribution < -0.4 is 20.9 Å². The SMILES string of the molecule is Cc1c(C=C2SC(=S)N(c3c(C)n(C)n(-c4ccccc4)c3=O)C2=O)c(N2CCCCCC2)n(C)c(=O)c1C#N. The van der Waals surface area contributed by atoms with Crippen LogP contribution in [0, 0.1) is 25.2 Å². The van der Waals surface area contributed by atoms with Crippen molar-refractivity contribution in [2.75, 3.05) is 22.9 Å². The summed E-state index contributed by atoms with van der Waals surface area (Å²) >= 11 is 6.75. The van der Waals surface area contributed by atoms with Crippen LogP contribution in [0.4, 0.5) is 11.5 Å². The van der Waals surface area contributed by atoms with Crippen molar-refractivity contribution in [3.05, 3.63) is 78.3 Å². The average Bonchev–Trinajstić information content (AvgIpc) is 3.19. The van der Waals surface area contributed by atoms with Gasteiger partial charge < -0.3 is 4.90 Å². The third-order valence-corrected chi connectivity index (χ3v) is 8.99. The fourth-order valence-electron chi connectivity index (χ4n) is 5.48. The van der Waals surface area contributed by atoms with E-state index in [0.717, 1.165) is 50.5 Å². The van der Waals surface area contributed by atoms with Crippen molar-refractivity contribution in [3.8, 4) is 11.8 Å². The maximum atomic E-state index is 13.9. The Hall–Kier alpha value is -3.88. The van der Waals surface area contributed by atoms with E-state index in [1.54, 1.807) is 38.7 Å². The van der Waals surface area contributed by atoms with Crippen molar-refractivity contribution in [1.82, 2.24) is 13.9 Å². The van der Waals surface area contributed by atoms with Gasteiger partial charge in [-0.3, -0.25) is 28.5 Å². The number of amides is 1. The Morgan fingerprint density at radius 2 is 1.62 bits per heavy atom. The number of thioether (sulfide) groups is 1. The molecule has 9 nitrogen and oxygen atoms in total. The van der Waals surface area contributed by atoms with E-state index in [1.165, 1.54) is 14.1 Å². The fourth-order valence-corrected chi connectivity index (χ4v) is 6.73. The summed E-state index contributed by atoms with van der Waals surface area (Å²) in [6.07, 6.45) is 5.95. The summed E-state index contributed by atoms with van der Waals surface area (Å²) < 4.78 is 4.99. The normalized spacial score (nSPS) is 17.0. The van der Waals surface area contributed by atoms with Crippen LogP contribution in [-0.4, -0.2) is 37.2 Å². The lowest BCUT2D eigenvalue weighted by Crippen LogP contribution is -2.34. The molecule has 5 rings (SSSR count). The summed E-state index contributed by atoms with van der Waals surface area (Å²) in [6, 6.07) is 11.3. The second kappa shape index (κ2) is 10.9. The molecule has 3 aromatic rings. The van der Waals surface area contributed by atoms with E-state index in [1.807, 2.05) is 30.3 Å². The van der Waals surface area contributed by atoms with Crippen LogP contribution in [-0.2, 0) is 18.9 Å². The minimum Gasteiger partial charge on any atom is -0.357 e. The van der Waals surface area contributed by atoms with Gasteiger partial charge in [0, 0.05) is 32.7 Å². The first-order valence-corrected chi connectivity index (χ1v) is 14.4. The largest absolute Gasteiger partial charge is 0.357 e. The van der Waals surface area contributed by atoms with E-state index < -0.39 is 5.91 Å². The maximum Gasteiger partial charge on any atom is 0.296 e. The van der Waals surface area contributed by atoms with Crippen molar-refractivity contribution < 1.29 is 4.79 Å². The highest BCUT2D eigenvalue weighted by Gasteiger charge is 2.38. The van der Waals surface area contributed by atoms with Crippen molar-refractivity contribution in [2.24, 2.45) is 14.1 Å². The molecule has 2 aromatic heterocycles. The van der Waals surface area contributed by atoms with Gasteiger partial charge in [0.05, 0.1) is 16.3 Å². The lowest BCUT2D eigenvalue weighted by Gasteiger charge is -2.28. The minimum atomic E-state index is -0.408. The fraction of sp³-hybridized carbons (Fsp3) is 0.345. The number of carbonyl (C=O) groups excluding carboxylic acids is 1. The topological polar surface area (TPSA) is 96.3 Å². The van der Waals surface area contributed by atoms with Crippen molar-refractivity contribution >= 4 is 51.8 Å². The molecule has 2 aliphatic rings. The molecule has 0 atom stereocenters. The highest BCUT2D eigenvalue weighted by atomic mass is 32.2. The molecule has 0 bridgehead atoms. The molecular weight excluding hydrogens is 544 g/mol. The molecule has 0 aliphatic carbocycles. The minimum absolute atomic E-state index is 0.0486. The first-order valence-electron chi connectivity index (χ1n) is 13.2. The molecular formula is C29H30N6O3S2. The number of hydrogen-bond donors (Lipinski definition) is 0. The molecule has 11 heteroatoms. The maximum absolute atomic E-state index is 13.9. The molecule has 0 radical (unpaired) electrons. The third-order valence-electron chi connectivity index (χ3n) is 7.69. The third kappa shape index (κ3) is 4.51. The lowest BCUT2D eigenvalue weighted by molar-refractivity contribution is -0.113. The van der Waals surface area contributed by atoms with Crippen LogP contribution in [0.5, 0.6) is 0 Å². The number of para-hydroxylation sites is 1. The van der Waals surface area contributed by atoms with E-state index in [2.05, 4.69) is 11.0 Å². The van der Waals surface area contributed by atoms with Gasteiger partial charge in [-0.05, 0) is 50.5 Å². The van der Waals surface area contributed by atoms with E-state index >= 15 is 0 Å². The first kappa shape index (κ1) is 27.7. The molecule has 0 spiro atoms. The van der Waals surface area contributed by atoms with Crippen molar-refractivity contribution in [2.45, 2.75) is 39.5 Å². The van der Waals surface area contributed by atoms with Gasteiger partial charge in [0.15, 0.2) is 4.32 Å². The standard InChI is InChI=1S/C29H30N6O3S2/c1-18-21(25(31(3)26(36)22(18)17-30)33-14-10-5-6-11-15-33)16-23-27(37)34(29(39)40-23)24-19(2)32(4)35(28(24)38)20-12-8-7-9-13-20/h7-9,12-13,16H,5-6,10-11,14-15H2,1-4H3. The number of nitrogens with zero attached hydrogens (tertiary/aromatic N) is 6. The van der Waals surface area contributed by atoms with E-state index in [4.69, 9.17) is 12.2 Å². The van der Waals surface area contributed by atoms with Crippen LogP contribution in [0.25, 0.3) is 11.8 Å². The number of hydrogen-bond acceptors (Lipinski definition) is 7. The number of pyridine rings is 1. The summed E-state index contributed by atoms with van der Waals surface area (Å²) in [6.45, 7) is 5.09. The molecule has 0 N–H and O–H groups in total. The summed E-state index contributed by atoms with van der Waals surface area (Å²) in [7, 11) is 3.44. The smallest absolute Gasteiger partial charge is 0.296 e. The monoisotopic (exact) mass is 574 g/mol. The first-order chi connectivity index (χ1) is 19.2. The lowest BCUT2D eigenvalue weighted by atomic mass is 10.0. The predicted octanol–water partition coefficient (Wildman–Crippen LogP) is 4.15. The Kier molecular flexibility index (Phi) is 7.57. The zero-order valence-corrected chi connectivity index (χ0v) is 24.6.